The highest BCUT2D eigenvalue weighted by Gasteiger charge is 2.32. The number of hydrogen-bond donors (Lipinski definition) is 1. The number of hydrogen-bond acceptors (Lipinski definition) is 3. The third-order valence-corrected chi connectivity index (χ3v) is 3.84. The van der Waals surface area contributed by atoms with E-state index in [1.807, 2.05) is 18.2 Å². The zero-order valence-electron chi connectivity index (χ0n) is 11.4. The molecule has 0 saturated carbocycles. The van der Waals surface area contributed by atoms with Gasteiger partial charge in [0.15, 0.2) is 0 Å². The van der Waals surface area contributed by atoms with Gasteiger partial charge in [-0.15, -0.1) is 0 Å². The van der Waals surface area contributed by atoms with Crippen LogP contribution in [0.4, 0.5) is 10.1 Å². The summed E-state index contributed by atoms with van der Waals surface area (Å²) in [4.78, 5) is 2.06. The molecule has 1 aliphatic rings. The summed E-state index contributed by atoms with van der Waals surface area (Å²) < 4.78 is 13.4. The first-order valence-corrected chi connectivity index (χ1v) is 6.87. The fraction of sp³-hybridized carbons (Fsp3) is 0.235. The van der Waals surface area contributed by atoms with Crippen LogP contribution in [0.25, 0.3) is 0 Å². The average molecular weight is 282 g/mol. The molecule has 0 radical (unpaired) electrons. The molecule has 106 valence electrons. The largest absolute Gasteiger partial charge is 0.391 e. The van der Waals surface area contributed by atoms with Crippen molar-refractivity contribution in [3.8, 4) is 6.07 Å². The monoisotopic (exact) mass is 282 g/mol. The Balaban J connectivity index is 1.93. The second kappa shape index (κ2) is 5.55. The molecular weight excluding hydrogens is 267 g/mol. The number of rotatable bonds is 2. The Kier molecular flexibility index (Phi) is 3.59. The van der Waals surface area contributed by atoms with Gasteiger partial charge in [-0.05, 0) is 48.4 Å². The highest BCUT2D eigenvalue weighted by molar-refractivity contribution is 5.53. The van der Waals surface area contributed by atoms with E-state index in [1.54, 1.807) is 18.2 Å². The predicted molar refractivity (Wildman–Crippen MR) is 78.3 cm³/mol. The van der Waals surface area contributed by atoms with E-state index < -0.39 is 6.10 Å². The van der Waals surface area contributed by atoms with Gasteiger partial charge in [-0.1, -0.05) is 12.1 Å². The first-order chi connectivity index (χ1) is 10.2. The summed E-state index contributed by atoms with van der Waals surface area (Å²) in [7, 11) is 0. The molecule has 3 nitrogen and oxygen atoms in total. The quantitative estimate of drug-likeness (QED) is 0.921. The van der Waals surface area contributed by atoms with Crippen molar-refractivity contribution in [1.82, 2.24) is 0 Å². The lowest BCUT2D eigenvalue weighted by atomic mass is 10.0. The van der Waals surface area contributed by atoms with Gasteiger partial charge in [-0.2, -0.15) is 5.26 Å². The molecule has 1 N–H and O–H groups in total. The number of nitriles is 1. The molecule has 1 heterocycles. The summed E-state index contributed by atoms with van der Waals surface area (Å²) in [6.45, 7) is 0.507. The summed E-state index contributed by atoms with van der Waals surface area (Å²) in [6.07, 6.45) is 0.137. The summed E-state index contributed by atoms with van der Waals surface area (Å²) >= 11 is 0. The Hall–Kier alpha value is -2.38. The minimum absolute atomic E-state index is 0.0522. The molecule has 0 amide bonds. The zero-order valence-corrected chi connectivity index (χ0v) is 11.4. The van der Waals surface area contributed by atoms with Gasteiger partial charge in [0.25, 0.3) is 0 Å². The maximum absolute atomic E-state index is 13.4. The maximum Gasteiger partial charge on any atom is 0.123 e. The van der Waals surface area contributed by atoms with Gasteiger partial charge >= 0.3 is 0 Å². The summed E-state index contributed by atoms with van der Waals surface area (Å²) in [6, 6.07) is 15.8. The Morgan fingerprint density at radius 2 is 1.95 bits per heavy atom. The summed E-state index contributed by atoms with van der Waals surface area (Å²) in [5.74, 6) is -0.270. The second-order valence-corrected chi connectivity index (χ2v) is 5.27. The van der Waals surface area contributed by atoms with Crippen LogP contribution in [-0.2, 0) is 0 Å². The van der Waals surface area contributed by atoms with E-state index in [2.05, 4.69) is 11.0 Å². The zero-order chi connectivity index (χ0) is 14.8. The Bertz CT molecular complexity index is 678. The van der Waals surface area contributed by atoms with Crippen molar-refractivity contribution in [1.29, 1.82) is 5.26 Å². The molecule has 2 aromatic carbocycles. The first-order valence-electron chi connectivity index (χ1n) is 6.87. The first kappa shape index (κ1) is 13.6. The SMILES string of the molecule is N#Cc1ccc(N2CC(O)CC2c2cccc(F)c2)cc1. The highest BCUT2D eigenvalue weighted by Crippen LogP contribution is 2.36. The van der Waals surface area contributed by atoms with E-state index in [0.717, 1.165) is 11.3 Å². The third kappa shape index (κ3) is 2.74. The lowest BCUT2D eigenvalue weighted by Crippen LogP contribution is -2.24. The van der Waals surface area contributed by atoms with Gasteiger partial charge in [0, 0.05) is 12.2 Å². The van der Waals surface area contributed by atoms with E-state index in [1.165, 1.54) is 12.1 Å². The molecule has 0 aliphatic carbocycles. The topological polar surface area (TPSA) is 47.3 Å². The van der Waals surface area contributed by atoms with Crippen molar-refractivity contribution in [3.63, 3.8) is 0 Å². The van der Waals surface area contributed by atoms with Gasteiger partial charge in [0.05, 0.1) is 23.8 Å². The Labute approximate surface area is 122 Å². The molecular formula is C17H15FN2O. The van der Waals surface area contributed by atoms with Crippen molar-refractivity contribution in [3.05, 3.63) is 65.5 Å². The van der Waals surface area contributed by atoms with Crippen molar-refractivity contribution < 1.29 is 9.50 Å². The molecule has 1 aliphatic heterocycles. The molecule has 0 aromatic heterocycles. The molecule has 3 rings (SSSR count). The van der Waals surface area contributed by atoms with Crippen LogP contribution in [0.2, 0.25) is 0 Å². The van der Waals surface area contributed by atoms with Crippen LogP contribution >= 0.6 is 0 Å². The maximum atomic E-state index is 13.4. The van der Waals surface area contributed by atoms with Crippen LogP contribution in [0, 0.1) is 17.1 Å². The van der Waals surface area contributed by atoms with Gasteiger partial charge in [0.2, 0.25) is 0 Å². The predicted octanol–water partition coefficient (Wildman–Crippen LogP) is 3.01. The second-order valence-electron chi connectivity index (χ2n) is 5.27. The molecule has 1 fully saturated rings. The number of anilines is 1. The number of aliphatic hydroxyl groups is 1. The van der Waals surface area contributed by atoms with Crippen LogP contribution in [-0.4, -0.2) is 17.8 Å². The highest BCUT2D eigenvalue weighted by atomic mass is 19.1. The normalized spacial score (nSPS) is 21.3. The Morgan fingerprint density at radius 3 is 2.62 bits per heavy atom. The molecule has 0 bridgehead atoms. The van der Waals surface area contributed by atoms with Crippen LogP contribution in [0.1, 0.15) is 23.6 Å². The minimum atomic E-state index is -0.436. The van der Waals surface area contributed by atoms with Crippen molar-refractivity contribution in [2.75, 3.05) is 11.4 Å². The van der Waals surface area contributed by atoms with Crippen molar-refractivity contribution in [2.45, 2.75) is 18.6 Å². The number of benzene rings is 2. The van der Waals surface area contributed by atoms with Gasteiger partial charge in [-0.25, -0.2) is 4.39 Å². The Morgan fingerprint density at radius 1 is 1.19 bits per heavy atom. The van der Waals surface area contributed by atoms with E-state index >= 15 is 0 Å². The van der Waals surface area contributed by atoms with E-state index in [0.29, 0.717) is 18.5 Å². The number of aliphatic hydroxyl groups excluding tert-OH is 1. The standard InChI is InChI=1S/C17H15FN2O/c18-14-3-1-2-13(8-14)17-9-16(21)11-20(17)15-6-4-12(10-19)5-7-15/h1-8,16-17,21H,9,11H2. The van der Waals surface area contributed by atoms with Crippen LogP contribution in [0.5, 0.6) is 0 Å². The fourth-order valence-electron chi connectivity index (χ4n) is 2.86. The number of β-amino-alcohol motifs (C(OH)–C–C–N with tert-alkyl or cyclic N) is 1. The third-order valence-electron chi connectivity index (χ3n) is 3.84. The molecule has 2 unspecified atom stereocenters. The molecule has 2 aromatic rings. The van der Waals surface area contributed by atoms with E-state index in [4.69, 9.17) is 5.26 Å². The minimum Gasteiger partial charge on any atom is -0.391 e. The van der Waals surface area contributed by atoms with Gasteiger partial charge < -0.3 is 10.0 Å². The lowest BCUT2D eigenvalue weighted by Gasteiger charge is -2.27. The van der Waals surface area contributed by atoms with Crippen LogP contribution in [0.15, 0.2) is 48.5 Å². The molecule has 1 saturated heterocycles. The number of nitrogens with zero attached hydrogens (tertiary/aromatic N) is 2. The van der Waals surface area contributed by atoms with Crippen LogP contribution in [0.3, 0.4) is 0 Å². The summed E-state index contributed by atoms with van der Waals surface area (Å²) in [5, 5.41) is 18.8. The number of halogens is 1. The van der Waals surface area contributed by atoms with Crippen molar-refractivity contribution >= 4 is 5.69 Å². The van der Waals surface area contributed by atoms with Crippen molar-refractivity contribution in [2.24, 2.45) is 0 Å². The molecule has 2 atom stereocenters. The molecule has 4 heteroatoms. The van der Waals surface area contributed by atoms with E-state index in [9.17, 15) is 9.50 Å². The van der Waals surface area contributed by atoms with Crippen LogP contribution < -0.4 is 4.90 Å². The van der Waals surface area contributed by atoms with E-state index in [-0.39, 0.29) is 11.9 Å². The molecule has 0 spiro atoms. The fourth-order valence-corrected chi connectivity index (χ4v) is 2.86. The van der Waals surface area contributed by atoms with Gasteiger partial charge in [0.1, 0.15) is 5.82 Å². The smallest absolute Gasteiger partial charge is 0.123 e. The average Bonchev–Trinajstić information content (AvgIpc) is 2.89. The summed E-state index contributed by atoms with van der Waals surface area (Å²) in [5.41, 5.74) is 2.39. The lowest BCUT2D eigenvalue weighted by molar-refractivity contribution is 0.194. The molecule has 21 heavy (non-hydrogen) atoms. The van der Waals surface area contributed by atoms with Gasteiger partial charge in [-0.3, -0.25) is 0 Å².